The molecule has 1 atom stereocenters. The minimum atomic E-state index is -1.16. The van der Waals surface area contributed by atoms with Crippen LogP contribution in [0, 0.1) is 22.0 Å². The van der Waals surface area contributed by atoms with Crippen molar-refractivity contribution in [2.75, 3.05) is 13.1 Å². The van der Waals surface area contributed by atoms with Gasteiger partial charge in [-0.2, -0.15) is 0 Å². The molecule has 26 heavy (non-hydrogen) atoms. The van der Waals surface area contributed by atoms with Gasteiger partial charge in [0.25, 0.3) is 5.69 Å². The third-order valence-corrected chi connectivity index (χ3v) is 5.25. The maximum absolute atomic E-state index is 12.8. The molecule has 136 valence electrons. The van der Waals surface area contributed by atoms with Crippen LogP contribution in [0.25, 0.3) is 0 Å². The van der Waals surface area contributed by atoms with Crippen molar-refractivity contribution in [1.29, 1.82) is 0 Å². The van der Waals surface area contributed by atoms with Gasteiger partial charge in [0.1, 0.15) is 16.7 Å². The predicted octanol–water partition coefficient (Wildman–Crippen LogP) is 2.81. The molecule has 0 N–H and O–H groups in total. The molecular weight excluding hydrogens is 360 g/mol. The first-order chi connectivity index (χ1) is 12.3. The predicted molar refractivity (Wildman–Crippen MR) is 94.0 cm³/mol. The lowest BCUT2D eigenvalue weighted by molar-refractivity contribution is -0.384. The Labute approximate surface area is 154 Å². The standard InChI is InChI=1S/C18H17ClN2O5/c1-10(22)13(9-16-18(24)11-4-6-20(16)7-5-11)17(23)12-2-3-14(19)15(8-12)21(25)26/h2-3,8-9,11,13H,4-7H2,1H3/b16-9-. The number of nitrogens with zero attached hydrogens (tertiary/aromatic N) is 2. The van der Waals surface area contributed by atoms with Crippen LogP contribution >= 0.6 is 11.6 Å². The number of Topliss-reactive ketones (excluding diaryl/α,β-unsaturated/α-hetero) is 3. The number of fused-ring (bicyclic) bond motifs is 3. The number of piperidine rings is 3. The van der Waals surface area contributed by atoms with Crippen molar-refractivity contribution in [2.24, 2.45) is 11.8 Å². The Balaban J connectivity index is 1.96. The second-order valence-corrected chi connectivity index (χ2v) is 6.96. The second kappa shape index (κ2) is 6.99. The van der Waals surface area contributed by atoms with E-state index < -0.39 is 28.1 Å². The second-order valence-electron chi connectivity index (χ2n) is 6.55. The highest BCUT2D eigenvalue weighted by molar-refractivity contribution is 6.32. The summed E-state index contributed by atoms with van der Waals surface area (Å²) in [6.07, 6.45) is 3.00. The van der Waals surface area contributed by atoms with Crippen LogP contribution in [0.15, 0.2) is 30.0 Å². The number of halogens is 1. The van der Waals surface area contributed by atoms with E-state index in [2.05, 4.69) is 0 Å². The molecule has 0 saturated carbocycles. The molecule has 3 aliphatic rings. The van der Waals surface area contributed by atoms with E-state index in [0.717, 1.165) is 32.0 Å². The molecule has 0 amide bonds. The van der Waals surface area contributed by atoms with Gasteiger partial charge in [-0.15, -0.1) is 0 Å². The number of allylic oxidation sites excluding steroid dienone is 2. The first kappa shape index (κ1) is 18.3. The number of rotatable bonds is 5. The first-order valence-corrected chi connectivity index (χ1v) is 8.67. The number of carbonyl (C=O) groups is 3. The van der Waals surface area contributed by atoms with Crippen molar-refractivity contribution in [1.82, 2.24) is 4.90 Å². The molecule has 0 radical (unpaired) electrons. The van der Waals surface area contributed by atoms with Crippen LogP contribution < -0.4 is 0 Å². The van der Waals surface area contributed by atoms with Crippen molar-refractivity contribution >= 4 is 34.6 Å². The average Bonchev–Trinajstić information content (AvgIpc) is 2.61. The van der Waals surface area contributed by atoms with Gasteiger partial charge in [-0.05, 0) is 38.0 Å². The Kier molecular flexibility index (Phi) is 4.91. The van der Waals surface area contributed by atoms with E-state index in [1.807, 2.05) is 4.90 Å². The van der Waals surface area contributed by atoms with Crippen molar-refractivity contribution in [3.05, 3.63) is 50.7 Å². The van der Waals surface area contributed by atoms with Crippen LogP contribution in [0.3, 0.4) is 0 Å². The normalized spacial score (nSPS) is 19.7. The molecule has 0 aromatic heterocycles. The fourth-order valence-corrected chi connectivity index (χ4v) is 3.64. The molecule has 2 bridgehead atoms. The third-order valence-electron chi connectivity index (χ3n) is 4.93. The quantitative estimate of drug-likeness (QED) is 0.258. The van der Waals surface area contributed by atoms with Crippen molar-refractivity contribution in [3.63, 3.8) is 0 Å². The van der Waals surface area contributed by atoms with Gasteiger partial charge in [0.15, 0.2) is 11.6 Å². The number of ketones is 3. The minimum Gasteiger partial charge on any atom is -0.369 e. The first-order valence-electron chi connectivity index (χ1n) is 8.29. The van der Waals surface area contributed by atoms with E-state index in [-0.39, 0.29) is 22.3 Å². The molecule has 3 aliphatic heterocycles. The van der Waals surface area contributed by atoms with Crippen molar-refractivity contribution < 1.29 is 19.3 Å². The van der Waals surface area contributed by atoms with Gasteiger partial charge in [-0.3, -0.25) is 24.5 Å². The number of carbonyl (C=O) groups excluding carboxylic acids is 3. The molecule has 3 saturated heterocycles. The molecule has 3 heterocycles. The third kappa shape index (κ3) is 3.26. The molecular formula is C18H17ClN2O5. The highest BCUT2D eigenvalue weighted by atomic mass is 35.5. The Morgan fingerprint density at radius 3 is 2.54 bits per heavy atom. The molecule has 1 unspecified atom stereocenters. The number of hydrogen-bond donors (Lipinski definition) is 0. The minimum absolute atomic E-state index is 0.0153. The summed E-state index contributed by atoms with van der Waals surface area (Å²) < 4.78 is 0. The van der Waals surface area contributed by atoms with Crippen LogP contribution in [0.2, 0.25) is 5.02 Å². The summed E-state index contributed by atoms with van der Waals surface area (Å²) in [5, 5.41) is 10.9. The van der Waals surface area contributed by atoms with Crippen molar-refractivity contribution in [2.45, 2.75) is 19.8 Å². The van der Waals surface area contributed by atoms with E-state index in [0.29, 0.717) is 5.70 Å². The van der Waals surface area contributed by atoms with Gasteiger partial charge in [0.2, 0.25) is 0 Å². The highest BCUT2D eigenvalue weighted by Crippen LogP contribution is 2.33. The Bertz CT molecular complexity index is 840. The molecule has 0 spiro atoms. The van der Waals surface area contributed by atoms with E-state index >= 15 is 0 Å². The maximum atomic E-state index is 12.8. The average molecular weight is 377 g/mol. The molecule has 8 heteroatoms. The number of benzene rings is 1. The Morgan fingerprint density at radius 1 is 1.35 bits per heavy atom. The summed E-state index contributed by atoms with van der Waals surface area (Å²) in [6.45, 7) is 2.73. The number of nitro benzene ring substituents is 1. The summed E-state index contributed by atoms with van der Waals surface area (Å²) in [6, 6.07) is 3.67. The van der Waals surface area contributed by atoms with Crippen LogP contribution in [-0.4, -0.2) is 40.3 Å². The fourth-order valence-electron chi connectivity index (χ4n) is 3.46. The summed E-state index contributed by atoms with van der Waals surface area (Å²) in [5.41, 5.74) is 0.0232. The summed E-state index contributed by atoms with van der Waals surface area (Å²) >= 11 is 5.77. The zero-order valence-electron chi connectivity index (χ0n) is 14.1. The van der Waals surface area contributed by atoms with E-state index in [1.54, 1.807) is 0 Å². The van der Waals surface area contributed by atoms with Gasteiger partial charge in [-0.1, -0.05) is 11.6 Å². The SMILES string of the molecule is CC(=O)C(/C=C1/C(=O)C2CCN1CC2)C(=O)c1ccc(Cl)c([N+](=O)[O-])c1. The topological polar surface area (TPSA) is 97.6 Å². The number of hydrogen-bond acceptors (Lipinski definition) is 6. The monoisotopic (exact) mass is 376 g/mol. The highest BCUT2D eigenvalue weighted by Gasteiger charge is 2.38. The molecule has 7 nitrogen and oxygen atoms in total. The van der Waals surface area contributed by atoms with Crippen LogP contribution in [0.1, 0.15) is 30.1 Å². The van der Waals surface area contributed by atoms with Crippen LogP contribution in [0.4, 0.5) is 5.69 Å². The van der Waals surface area contributed by atoms with Gasteiger partial charge >= 0.3 is 0 Å². The van der Waals surface area contributed by atoms with Crippen molar-refractivity contribution in [3.8, 4) is 0 Å². The zero-order valence-corrected chi connectivity index (χ0v) is 14.9. The zero-order chi connectivity index (χ0) is 19.0. The molecule has 1 aromatic carbocycles. The van der Waals surface area contributed by atoms with Gasteiger partial charge in [-0.25, -0.2) is 0 Å². The largest absolute Gasteiger partial charge is 0.369 e. The molecule has 1 aromatic rings. The van der Waals surface area contributed by atoms with E-state index in [1.165, 1.54) is 25.1 Å². The lowest BCUT2D eigenvalue weighted by Gasteiger charge is -2.41. The molecule has 0 aliphatic carbocycles. The summed E-state index contributed by atoms with van der Waals surface area (Å²) in [5.74, 6) is -2.25. The Morgan fingerprint density at radius 2 is 2.00 bits per heavy atom. The van der Waals surface area contributed by atoms with Crippen LogP contribution in [-0.2, 0) is 9.59 Å². The smallest absolute Gasteiger partial charge is 0.288 e. The summed E-state index contributed by atoms with van der Waals surface area (Å²) in [7, 11) is 0. The fraction of sp³-hybridized carbons (Fsp3) is 0.389. The van der Waals surface area contributed by atoms with Crippen LogP contribution in [0.5, 0.6) is 0 Å². The summed E-state index contributed by atoms with van der Waals surface area (Å²) in [4.78, 5) is 49.6. The van der Waals surface area contributed by atoms with E-state index in [9.17, 15) is 24.5 Å². The van der Waals surface area contributed by atoms with Gasteiger partial charge < -0.3 is 4.90 Å². The number of nitro groups is 1. The van der Waals surface area contributed by atoms with Gasteiger partial charge in [0.05, 0.1) is 10.6 Å². The Hall–Kier alpha value is -2.54. The van der Waals surface area contributed by atoms with Gasteiger partial charge in [0, 0.05) is 30.6 Å². The lowest BCUT2D eigenvalue weighted by Crippen LogP contribution is -2.46. The molecule has 4 rings (SSSR count). The lowest BCUT2D eigenvalue weighted by atomic mass is 9.82. The van der Waals surface area contributed by atoms with E-state index in [4.69, 9.17) is 11.6 Å². The maximum Gasteiger partial charge on any atom is 0.288 e. The molecule has 3 fully saturated rings.